The average Bonchev–Trinajstić information content (AvgIpc) is 2.90. The highest BCUT2D eigenvalue weighted by atomic mass is 32.2. The molecule has 2 aromatic rings. The largest absolute Gasteiger partial charge is 0.330 e. The molecule has 2 amide bonds. The van der Waals surface area contributed by atoms with Gasteiger partial charge >= 0.3 is 0 Å². The fourth-order valence-electron chi connectivity index (χ4n) is 1.33. The first-order chi connectivity index (χ1) is 10.5. The number of halogens is 1. The Morgan fingerprint density at radius 2 is 2.14 bits per heavy atom. The summed E-state index contributed by atoms with van der Waals surface area (Å²) in [6, 6.07) is 5.98. The van der Waals surface area contributed by atoms with Gasteiger partial charge in [0.15, 0.2) is 4.34 Å². The van der Waals surface area contributed by atoms with E-state index >= 15 is 0 Å². The van der Waals surface area contributed by atoms with Crippen LogP contribution in [0.25, 0.3) is 0 Å². The number of thioether (sulfide) groups is 1. The molecule has 0 radical (unpaired) electrons. The Morgan fingerprint density at radius 1 is 1.32 bits per heavy atom. The standard InChI is InChI=1S/C12H12FN5O2S2/c1-7(19)15-16-10(20)6-21-12-18-17-11(22-12)14-9-4-2-3-8(13)5-9/h2-5H,6H2,1H3,(H,14,17)(H,15,19)(H,16,20). The molecular formula is C12H12FN5O2S2. The molecule has 0 saturated carbocycles. The first kappa shape index (κ1) is 16.2. The lowest BCUT2D eigenvalue weighted by molar-refractivity contribution is -0.126. The van der Waals surface area contributed by atoms with Gasteiger partial charge in [-0.05, 0) is 18.2 Å². The summed E-state index contributed by atoms with van der Waals surface area (Å²) in [5, 5.41) is 11.2. The molecule has 0 fully saturated rings. The molecular weight excluding hydrogens is 329 g/mol. The van der Waals surface area contributed by atoms with Crippen LogP contribution in [-0.2, 0) is 9.59 Å². The van der Waals surface area contributed by atoms with Crippen LogP contribution in [-0.4, -0.2) is 27.8 Å². The number of carbonyl (C=O) groups excluding carboxylic acids is 2. The molecule has 0 spiro atoms. The summed E-state index contributed by atoms with van der Waals surface area (Å²) in [6.45, 7) is 1.29. The van der Waals surface area contributed by atoms with Crippen molar-refractivity contribution in [1.29, 1.82) is 0 Å². The molecule has 0 unspecified atom stereocenters. The Kier molecular flexibility index (Phi) is 5.67. The summed E-state index contributed by atoms with van der Waals surface area (Å²) in [6.07, 6.45) is 0. The summed E-state index contributed by atoms with van der Waals surface area (Å²) in [5.41, 5.74) is 5.00. The number of aromatic nitrogens is 2. The second-order valence-electron chi connectivity index (χ2n) is 4.03. The van der Waals surface area contributed by atoms with E-state index < -0.39 is 0 Å². The lowest BCUT2D eigenvalue weighted by Crippen LogP contribution is -2.41. The van der Waals surface area contributed by atoms with Crippen molar-refractivity contribution in [3.05, 3.63) is 30.1 Å². The number of benzene rings is 1. The SMILES string of the molecule is CC(=O)NNC(=O)CSc1nnc(Nc2cccc(F)c2)s1. The average molecular weight is 341 g/mol. The molecule has 10 heteroatoms. The third-order valence-corrected chi connectivity index (χ3v) is 4.16. The van der Waals surface area contributed by atoms with Crippen LogP contribution in [0, 0.1) is 5.82 Å². The van der Waals surface area contributed by atoms with Crippen LogP contribution in [0.3, 0.4) is 0 Å². The Labute approximate surface area is 133 Å². The topological polar surface area (TPSA) is 96.0 Å². The van der Waals surface area contributed by atoms with Crippen molar-refractivity contribution in [3.8, 4) is 0 Å². The van der Waals surface area contributed by atoms with Crippen molar-refractivity contribution < 1.29 is 14.0 Å². The van der Waals surface area contributed by atoms with Crippen LogP contribution in [0.4, 0.5) is 15.2 Å². The fourth-order valence-corrected chi connectivity index (χ4v) is 2.90. The van der Waals surface area contributed by atoms with Gasteiger partial charge in [0.05, 0.1) is 5.75 Å². The molecule has 0 aliphatic carbocycles. The van der Waals surface area contributed by atoms with Crippen LogP contribution in [0.2, 0.25) is 0 Å². The minimum atomic E-state index is -0.352. The van der Waals surface area contributed by atoms with Gasteiger partial charge in [0, 0.05) is 12.6 Å². The molecule has 3 N–H and O–H groups in total. The van der Waals surface area contributed by atoms with Gasteiger partial charge < -0.3 is 5.32 Å². The number of hydrazine groups is 1. The number of amides is 2. The summed E-state index contributed by atoms with van der Waals surface area (Å²) >= 11 is 2.42. The maximum atomic E-state index is 13.1. The third-order valence-electron chi connectivity index (χ3n) is 2.19. The highest BCUT2D eigenvalue weighted by Gasteiger charge is 2.08. The minimum Gasteiger partial charge on any atom is -0.330 e. The maximum Gasteiger partial charge on any atom is 0.248 e. The second-order valence-corrected chi connectivity index (χ2v) is 6.23. The van der Waals surface area contributed by atoms with Crippen molar-refractivity contribution in [3.63, 3.8) is 0 Å². The second kappa shape index (κ2) is 7.71. The number of rotatable bonds is 5. The highest BCUT2D eigenvalue weighted by molar-refractivity contribution is 8.01. The van der Waals surface area contributed by atoms with Crippen molar-refractivity contribution >= 4 is 45.7 Å². The van der Waals surface area contributed by atoms with Crippen LogP contribution < -0.4 is 16.2 Å². The highest BCUT2D eigenvalue weighted by Crippen LogP contribution is 2.27. The molecule has 1 aromatic heterocycles. The van der Waals surface area contributed by atoms with Crippen LogP contribution in [0.1, 0.15) is 6.92 Å². The zero-order chi connectivity index (χ0) is 15.9. The number of anilines is 2. The predicted octanol–water partition coefficient (Wildman–Crippen LogP) is 1.68. The van der Waals surface area contributed by atoms with E-state index in [0.717, 1.165) is 0 Å². The van der Waals surface area contributed by atoms with E-state index in [4.69, 9.17) is 0 Å². The van der Waals surface area contributed by atoms with Gasteiger partial charge in [-0.1, -0.05) is 29.2 Å². The van der Waals surface area contributed by atoms with Crippen LogP contribution in [0.15, 0.2) is 28.6 Å². The van der Waals surface area contributed by atoms with E-state index in [1.165, 1.54) is 42.2 Å². The number of hydrogen-bond donors (Lipinski definition) is 3. The molecule has 22 heavy (non-hydrogen) atoms. The van der Waals surface area contributed by atoms with Crippen molar-refractivity contribution in [2.24, 2.45) is 0 Å². The van der Waals surface area contributed by atoms with Crippen LogP contribution in [0.5, 0.6) is 0 Å². The normalized spacial score (nSPS) is 10.1. The molecule has 0 aliphatic heterocycles. The molecule has 0 saturated heterocycles. The molecule has 0 bridgehead atoms. The first-order valence-corrected chi connectivity index (χ1v) is 7.87. The number of hydrogen-bond acceptors (Lipinski definition) is 7. The van der Waals surface area contributed by atoms with E-state index in [0.29, 0.717) is 15.2 Å². The van der Waals surface area contributed by atoms with Gasteiger partial charge in [0.25, 0.3) is 0 Å². The zero-order valence-electron chi connectivity index (χ0n) is 11.4. The lowest BCUT2D eigenvalue weighted by atomic mass is 10.3. The van der Waals surface area contributed by atoms with Gasteiger partial charge in [-0.15, -0.1) is 10.2 Å². The summed E-state index contributed by atoms with van der Waals surface area (Å²) in [4.78, 5) is 22.0. The predicted molar refractivity (Wildman–Crippen MR) is 82.3 cm³/mol. The monoisotopic (exact) mass is 341 g/mol. The molecule has 116 valence electrons. The number of nitrogens with zero attached hydrogens (tertiary/aromatic N) is 2. The molecule has 0 atom stereocenters. The smallest absolute Gasteiger partial charge is 0.248 e. The number of nitrogens with one attached hydrogen (secondary N) is 3. The van der Waals surface area contributed by atoms with E-state index in [2.05, 4.69) is 26.4 Å². The van der Waals surface area contributed by atoms with Gasteiger partial charge in [0.1, 0.15) is 5.82 Å². The maximum absolute atomic E-state index is 13.1. The fraction of sp³-hybridized carbons (Fsp3) is 0.167. The third kappa shape index (κ3) is 5.30. The minimum absolute atomic E-state index is 0.0921. The lowest BCUT2D eigenvalue weighted by Gasteiger charge is -2.02. The van der Waals surface area contributed by atoms with Gasteiger partial charge in [-0.25, -0.2) is 4.39 Å². The van der Waals surface area contributed by atoms with E-state index in [1.54, 1.807) is 12.1 Å². The van der Waals surface area contributed by atoms with Gasteiger partial charge in [0.2, 0.25) is 16.9 Å². The van der Waals surface area contributed by atoms with Crippen molar-refractivity contribution in [2.75, 3.05) is 11.1 Å². The summed E-state index contributed by atoms with van der Waals surface area (Å²) in [5.74, 6) is -0.959. The summed E-state index contributed by atoms with van der Waals surface area (Å²) in [7, 11) is 0. The quantitative estimate of drug-likeness (QED) is 0.566. The first-order valence-electron chi connectivity index (χ1n) is 6.07. The van der Waals surface area contributed by atoms with E-state index in [-0.39, 0.29) is 23.4 Å². The zero-order valence-corrected chi connectivity index (χ0v) is 13.1. The van der Waals surface area contributed by atoms with Gasteiger partial charge in [-0.2, -0.15) is 0 Å². The molecule has 7 nitrogen and oxygen atoms in total. The van der Waals surface area contributed by atoms with E-state index in [1.807, 2.05) is 0 Å². The van der Waals surface area contributed by atoms with Crippen LogP contribution >= 0.6 is 23.1 Å². The Balaban J connectivity index is 1.84. The Bertz CT molecular complexity index is 679. The molecule has 1 heterocycles. The summed E-state index contributed by atoms with van der Waals surface area (Å²) < 4.78 is 13.6. The Hall–Kier alpha value is -2.20. The van der Waals surface area contributed by atoms with E-state index in [9.17, 15) is 14.0 Å². The number of carbonyl (C=O) groups is 2. The molecule has 0 aliphatic rings. The van der Waals surface area contributed by atoms with Crippen molar-refractivity contribution in [2.45, 2.75) is 11.3 Å². The Morgan fingerprint density at radius 3 is 2.86 bits per heavy atom. The van der Waals surface area contributed by atoms with Crippen molar-refractivity contribution in [1.82, 2.24) is 21.0 Å². The van der Waals surface area contributed by atoms with Gasteiger partial charge in [-0.3, -0.25) is 20.4 Å². The molecule has 2 rings (SSSR count). The molecule has 1 aromatic carbocycles.